The van der Waals surface area contributed by atoms with Crippen LogP contribution in [0.1, 0.15) is 18.3 Å². The molecule has 2 heterocycles. The average Bonchev–Trinajstić information content (AvgIpc) is 2.64. The lowest BCUT2D eigenvalue weighted by Gasteiger charge is -2.10. The van der Waals surface area contributed by atoms with Crippen LogP contribution in [0.15, 0.2) is 20.3 Å². The van der Waals surface area contributed by atoms with E-state index >= 15 is 0 Å². The summed E-state index contributed by atoms with van der Waals surface area (Å²) < 4.78 is 4.97. The van der Waals surface area contributed by atoms with Crippen molar-refractivity contribution in [1.82, 2.24) is 18.9 Å². The van der Waals surface area contributed by atoms with Crippen molar-refractivity contribution in [1.29, 1.82) is 0 Å². The molecule has 2 aromatic rings. The Balaban J connectivity index is 2.62. The summed E-state index contributed by atoms with van der Waals surface area (Å²) in [6.07, 6.45) is 1.38. The molecular weight excluding hydrogens is 326 g/mol. The molecule has 0 saturated heterocycles. The number of aromatic nitrogens is 4. The average molecular weight is 342 g/mol. The third-order valence-corrected chi connectivity index (χ3v) is 4.21. The first-order chi connectivity index (χ1) is 9.36. The highest BCUT2D eigenvalue weighted by Gasteiger charge is 2.15. The molecule has 8 heteroatoms. The maximum absolute atomic E-state index is 12.2. The van der Waals surface area contributed by atoms with Gasteiger partial charge >= 0.3 is 5.69 Å². The molecule has 2 aromatic heterocycles. The third kappa shape index (κ3) is 2.31. The van der Waals surface area contributed by atoms with Gasteiger partial charge in [0, 0.05) is 19.8 Å². The molecular formula is C12H16BrN5O2. The van der Waals surface area contributed by atoms with Gasteiger partial charge in [0.1, 0.15) is 5.69 Å². The zero-order chi connectivity index (χ0) is 15.0. The van der Waals surface area contributed by atoms with Crippen LogP contribution in [0.2, 0.25) is 0 Å². The molecule has 0 fully saturated rings. The maximum Gasteiger partial charge on any atom is 0.331 e. The SMILES string of the molecule is CCn1cc(N)c(=O)n(Cc2c(Br)c(C)nn2C)c1=O. The number of nitrogens with two attached hydrogens (primary N) is 1. The van der Waals surface area contributed by atoms with E-state index in [1.807, 2.05) is 13.8 Å². The number of nitrogens with zero attached hydrogens (tertiary/aromatic N) is 4. The number of aryl methyl sites for hydroxylation is 3. The second kappa shape index (κ2) is 5.28. The molecule has 0 aliphatic heterocycles. The maximum atomic E-state index is 12.2. The van der Waals surface area contributed by atoms with Crippen LogP contribution in [0.4, 0.5) is 5.69 Å². The van der Waals surface area contributed by atoms with Gasteiger partial charge in [0.2, 0.25) is 0 Å². The Labute approximate surface area is 123 Å². The Hall–Kier alpha value is -1.83. The normalized spacial score (nSPS) is 11.0. The van der Waals surface area contributed by atoms with Crippen molar-refractivity contribution in [3.8, 4) is 0 Å². The first kappa shape index (κ1) is 14.6. The molecule has 108 valence electrons. The zero-order valence-corrected chi connectivity index (χ0v) is 13.1. The number of rotatable bonds is 3. The molecule has 2 rings (SSSR count). The van der Waals surface area contributed by atoms with Crippen molar-refractivity contribution < 1.29 is 0 Å². The van der Waals surface area contributed by atoms with Crippen LogP contribution in [0, 0.1) is 6.92 Å². The van der Waals surface area contributed by atoms with Crippen LogP contribution in [0.3, 0.4) is 0 Å². The first-order valence-corrected chi connectivity index (χ1v) is 6.93. The van der Waals surface area contributed by atoms with Crippen LogP contribution in [0.5, 0.6) is 0 Å². The fraction of sp³-hybridized carbons (Fsp3) is 0.417. The predicted octanol–water partition coefficient (Wildman–Crippen LogP) is 0.465. The second-order valence-electron chi connectivity index (χ2n) is 4.51. The largest absolute Gasteiger partial charge is 0.393 e. The molecule has 2 N–H and O–H groups in total. The quantitative estimate of drug-likeness (QED) is 0.878. The van der Waals surface area contributed by atoms with E-state index in [1.165, 1.54) is 10.8 Å². The molecule has 20 heavy (non-hydrogen) atoms. The van der Waals surface area contributed by atoms with E-state index in [4.69, 9.17) is 5.73 Å². The Morgan fingerprint density at radius 1 is 1.40 bits per heavy atom. The van der Waals surface area contributed by atoms with Crippen molar-refractivity contribution in [2.75, 3.05) is 5.73 Å². The summed E-state index contributed by atoms with van der Waals surface area (Å²) >= 11 is 3.42. The molecule has 0 aliphatic rings. The van der Waals surface area contributed by atoms with Gasteiger partial charge in [0.05, 0.1) is 22.4 Å². The molecule has 0 bridgehead atoms. The van der Waals surface area contributed by atoms with Crippen molar-refractivity contribution in [3.63, 3.8) is 0 Å². The molecule has 0 radical (unpaired) electrons. The summed E-state index contributed by atoms with van der Waals surface area (Å²) in [5.74, 6) is 0. The van der Waals surface area contributed by atoms with Gasteiger partial charge in [-0.3, -0.25) is 18.6 Å². The minimum atomic E-state index is -0.481. The Bertz CT molecular complexity index is 771. The summed E-state index contributed by atoms with van der Waals surface area (Å²) in [5.41, 5.74) is 6.42. The van der Waals surface area contributed by atoms with Crippen molar-refractivity contribution >= 4 is 21.6 Å². The van der Waals surface area contributed by atoms with Gasteiger partial charge in [-0.05, 0) is 29.8 Å². The van der Waals surface area contributed by atoms with Gasteiger partial charge in [-0.1, -0.05) is 0 Å². The molecule has 0 atom stereocenters. The molecule has 0 aliphatic carbocycles. The molecule has 0 saturated carbocycles. The minimum absolute atomic E-state index is 0.0569. The van der Waals surface area contributed by atoms with Gasteiger partial charge in [-0.15, -0.1) is 0 Å². The topological polar surface area (TPSA) is 87.8 Å². The Kier molecular flexibility index (Phi) is 3.85. The molecule has 0 spiro atoms. The van der Waals surface area contributed by atoms with Crippen LogP contribution < -0.4 is 17.0 Å². The molecule has 7 nitrogen and oxygen atoms in total. The van der Waals surface area contributed by atoms with E-state index < -0.39 is 5.56 Å². The van der Waals surface area contributed by atoms with Gasteiger partial charge < -0.3 is 5.73 Å². The van der Waals surface area contributed by atoms with Crippen LogP contribution in [-0.2, 0) is 20.1 Å². The fourth-order valence-corrected chi connectivity index (χ4v) is 2.51. The molecule has 0 unspecified atom stereocenters. The number of halogens is 1. The summed E-state index contributed by atoms with van der Waals surface area (Å²) in [7, 11) is 1.77. The van der Waals surface area contributed by atoms with E-state index in [0.29, 0.717) is 6.54 Å². The number of nitrogen functional groups attached to an aromatic ring is 1. The van der Waals surface area contributed by atoms with Crippen LogP contribution >= 0.6 is 15.9 Å². The Morgan fingerprint density at radius 2 is 2.05 bits per heavy atom. The smallest absolute Gasteiger partial charge is 0.331 e. The van der Waals surface area contributed by atoms with E-state index in [1.54, 1.807) is 11.7 Å². The summed E-state index contributed by atoms with van der Waals surface area (Å²) in [6.45, 7) is 4.25. The van der Waals surface area contributed by atoms with E-state index in [2.05, 4.69) is 21.0 Å². The van der Waals surface area contributed by atoms with E-state index in [0.717, 1.165) is 20.4 Å². The number of anilines is 1. The Morgan fingerprint density at radius 3 is 2.55 bits per heavy atom. The monoisotopic (exact) mass is 341 g/mol. The highest BCUT2D eigenvalue weighted by molar-refractivity contribution is 9.10. The van der Waals surface area contributed by atoms with Crippen molar-refractivity contribution in [2.24, 2.45) is 7.05 Å². The van der Waals surface area contributed by atoms with Gasteiger partial charge in [-0.2, -0.15) is 5.10 Å². The van der Waals surface area contributed by atoms with Gasteiger partial charge in [0.15, 0.2) is 0 Å². The standard InChI is InChI=1S/C12H16BrN5O2/c1-4-17-5-8(14)11(19)18(12(17)20)6-9-10(13)7(2)15-16(9)3/h5H,4,6,14H2,1-3H3. The lowest BCUT2D eigenvalue weighted by Crippen LogP contribution is -2.41. The minimum Gasteiger partial charge on any atom is -0.393 e. The third-order valence-electron chi connectivity index (χ3n) is 3.17. The number of hydrogen-bond donors (Lipinski definition) is 1. The summed E-state index contributed by atoms with van der Waals surface area (Å²) in [6, 6.07) is 0. The summed E-state index contributed by atoms with van der Waals surface area (Å²) in [5, 5.41) is 4.25. The predicted molar refractivity (Wildman–Crippen MR) is 79.8 cm³/mol. The zero-order valence-electron chi connectivity index (χ0n) is 11.6. The number of hydrogen-bond acceptors (Lipinski definition) is 4. The second-order valence-corrected chi connectivity index (χ2v) is 5.31. The lowest BCUT2D eigenvalue weighted by molar-refractivity contribution is 0.577. The van der Waals surface area contributed by atoms with Gasteiger partial charge in [0.25, 0.3) is 5.56 Å². The fourth-order valence-electron chi connectivity index (χ4n) is 2.04. The van der Waals surface area contributed by atoms with Crippen LogP contribution in [-0.4, -0.2) is 18.9 Å². The summed E-state index contributed by atoms with van der Waals surface area (Å²) in [4.78, 5) is 24.3. The lowest BCUT2D eigenvalue weighted by atomic mass is 10.3. The van der Waals surface area contributed by atoms with Gasteiger partial charge in [-0.25, -0.2) is 4.79 Å². The van der Waals surface area contributed by atoms with E-state index in [-0.39, 0.29) is 17.9 Å². The molecule has 0 aromatic carbocycles. The molecule has 0 amide bonds. The van der Waals surface area contributed by atoms with Crippen LogP contribution in [0.25, 0.3) is 0 Å². The van der Waals surface area contributed by atoms with Crippen molar-refractivity contribution in [2.45, 2.75) is 26.9 Å². The highest BCUT2D eigenvalue weighted by Crippen LogP contribution is 2.20. The first-order valence-electron chi connectivity index (χ1n) is 6.14. The van der Waals surface area contributed by atoms with E-state index in [9.17, 15) is 9.59 Å². The van der Waals surface area contributed by atoms with Crippen molar-refractivity contribution in [3.05, 3.63) is 42.9 Å². The highest BCUT2D eigenvalue weighted by atomic mass is 79.9.